The Morgan fingerprint density at radius 3 is 1.97 bits per heavy atom. The van der Waals surface area contributed by atoms with Crippen LogP contribution in [0.4, 0.5) is 5.69 Å². The maximum absolute atomic E-state index is 12.5. The molecule has 3 aromatic carbocycles. The van der Waals surface area contributed by atoms with E-state index in [0.717, 1.165) is 42.2 Å². The second kappa shape index (κ2) is 13.4. The van der Waals surface area contributed by atoms with Crippen LogP contribution in [0.3, 0.4) is 0 Å². The van der Waals surface area contributed by atoms with Crippen molar-refractivity contribution in [3.05, 3.63) is 88.5 Å². The summed E-state index contributed by atoms with van der Waals surface area (Å²) in [5, 5.41) is 10.6. The third-order valence-corrected chi connectivity index (χ3v) is 6.46. The number of benzene rings is 3. The summed E-state index contributed by atoms with van der Waals surface area (Å²) in [5.74, 6) is 0.317. The van der Waals surface area contributed by atoms with Crippen LogP contribution < -0.4 is 4.74 Å². The Balaban J connectivity index is 1.50. The maximum atomic E-state index is 12.5. The first-order chi connectivity index (χ1) is 17.0. The van der Waals surface area contributed by atoms with Gasteiger partial charge < -0.3 is 4.74 Å². The van der Waals surface area contributed by atoms with Crippen molar-refractivity contribution >= 4 is 28.5 Å². The molecule has 0 aliphatic carbocycles. The zero-order valence-electron chi connectivity index (χ0n) is 19.8. The normalized spacial score (nSPS) is 10.7. The van der Waals surface area contributed by atoms with Gasteiger partial charge in [-0.1, -0.05) is 63.3 Å². The lowest BCUT2D eigenvalue weighted by Gasteiger charge is -2.07. The molecule has 0 saturated heterocycles. The summed E-state index contributed by atoms with van der Waals surface area (Å²) in [5.41, 5.74) is 2.41. The lowest BCUT2D eigenvalue weighted by atomic mass is 10.0. The van der Waals surface area contributed by atoms with Crippen LogP contribution in [0, 0.1) is 10.1 Å². The lowest BCUT2D eigenvalue weighted by molar-refractivity contribution is -0.384. The van der Waals surface area contributed by atoms with Crippen LogP contribution in [0.15, 0.2) is 77.7 Å². The van der Waals surface area contributed by atoms with Crippen LogP contribution >= 0.6 is 11.8 Å². The minimum Gasteiger partial charge on any atom is -0.427 e. The zero-order valence-corrected chi connectivity index (χ0v) is 20.6. The molecule has 0 amide bonds. The first-order valence-electron chi connectivity index (χ1n) is 11.8. The molecular formula is C28H29NO5S. The van der Waals surface area contributed by atoms with E-state index in [1.807, 2.05) is 24.3 Å². The van der Waals surface area contributed by atoms with E-state index in [1.165, 1.54) is 31.4 Å². The molecule has 0 aliphatic heterocycles. The van der Waals surface area contributed by atoms with Gasteiger partial charge in [-0.05, 0) is 65.7 Å². The summed E-state index contributed by atoms with van der Waals surface area (Å²) in [6.45, 7) is 2.19. The Kier molecular flexibility index (Phi) is 10.0. The summed E-state index contributed by atoms with van der Waals surface area (Å²) in [7, 11) is 0. The number of esters is 1. The van der Waals surface area contributed by atoms with E-state index in [0.29, 0.717) is 22.6 Å². The van der Waals surface area contributed by atoms with Gasteiger partial charge in [-0.15, -0.1) is 0 Å². The average Bonchev–Trinajstić information content (AvgIpc) is 2.87. The Morgan fingerprint density at radius 1 is 0.800 bits per heavy atom. The third kappa shape index (κ3) is 8.37. The highest BCUT2D eigenvalue weighted by atomic mass is 32.2. The average molecular weight is 492 g/mol. The first-order valence-corrected chi connectivity index (χ1v) is 12.7. The predicted octanol–water partition coefficient (Wildman–Crippen LogP) is 7.85. The number of nitro groups is 1. The van der Waals surface area contributed by atoms with Gasteiger partial charge in [0.2, 0.25) is 5.12 Å². The molecule has 0 N–H and O–H groups in total. The van der Waals surface area contributed by atoms with Crippen molar-refractivity contribution in [2.24, 2.45) is 0 Å². The van der Waals surface area contributed by atoms with Crippen LogP contribution in [0.1, 0.15) is 62.2 Å². The van der Waals surface area contributed by atoms with E-state index in [4.69, 9.17) is 4.74 Å². The number of thioether (sulfide) groups is 1. The molecule has 182 valence electrons. The van der Waals surface area contributed by atoms with Crippen molar-refractivity contribution in [2.75, 3.05) is 0 Å². The molecule has 7 heteroatoms. The molecule has 6 nitrogen and oxygen atoms in total. The van der Waals surface area contributed by atoms with Crippen LogP contribution in [-0.2, 0) is 4.79 Å². The molecule has 3 aromatic rings. The highest BCUT2D eigenvalue weighted by molar-refractivity contribution is 8.14. The van der Waals surface area contributed by atoms with Gasteiger partial charge in [0.15, 0.2) is 0 Å². The molecule has 35 heavy (non-hydrogen) atoms. The zero-order chi connectivity index (χ0) is 25.0. The van der Waals surface area contributed by atoms with E-state index >= 15 is 0 Å². The van der Waals surface area contributed by atoms with E-state index in [-0.39, 0.29) is 16.8 Å². The molecule has 0 aliphatic rings. The Bertz CT molecular complexity index is 1130. The molecule has 0 saturated carbocycles. The topological polar surface area (TPSA) is 86.5 Å². The molecular weight excluding hydrogens is 462 g/mol. The number of rotatable bonds is 12. The standard InChI is InChI=1S/C28H29NO5S/c1-2-3-4-5-6-7-8-27(30)34-25-17-13-22(14-18-25)21-9-11-23(12-10-21)28(31)35-26-19-15-24(16-20-26)29(32)33/h9-20H,2-8H2,1H3. The fourth-order valence-corrected chi connectivity index (χ4v) is 4.29. The predicted molar refractivity (Wildman–Crippen MR) is 139 cm³/mol. The lowest BCUT2D eigenvalue weighted by Crippen LogP contribution is -2.07. The van der Waals surface area contributed by atoms with Gasteiger partial charge in [0.1, 0.15) is 5.75 Å². The highest BCUT2D eigenvalue weighted by Gasteiger charge is 2.11. The highest BCUT2D eigenvalue weighted by Crippen LogP contribution is 2.27. The molecule has 0 spiro atoms. The molecule has 0 heterocycles. The molecule has 0 unspecified atom stereocenters. The van der Waals surface area contributed by atoms with Crippen LogP contribution in [0.2, 0.25) is 0 Å². The van der Waals surface area contributed by atoms with Gasteiger partial charge in [0, 0.05) is 29.0 Å². The monoisotopic (exact) mass is 491 g/mol. The van der Waals surface area contributed by atoms with Crippen molar-refractivity contribution in [1.82, 2.24) is 0 Å². The Morgan fingerprint density at radius 2 is 1.37 bits per heavy atom. The number of hydrogen-bond donors (Lipinski definition) is 0. The third-order valence-electron chi connectivity index (χ3n) is 5.53. The van der Waals surface area contributed by atoms with Crippen molar-refractivity contribution in [3.8, 4) is 16.9 Å². The van der Waals surface area contributed by atoms with Crippen LogP contribution in [0.5, 0.6) is 5.75 Å². The largest absolute Gasteiger partial charge is 0.427 e. The van der Waals surface area contributed by atoms with Crippen molar-refractivity contribution in [3.63, 3.8) is 0 Å². The SMILES string of the molecule is CCCCCCCCC(=O)Oc1ccc(-c2ccc(C(=O)Sc3ccc([N+](=O)[O-])cc3)cc2)cc1. The second-order valence-electron chi connectivity index (χ2n) is 8.23. The second-order valence-corrected chi connectivity index (χ2v) is 9.28. The number of nitro benzene ring substituents is 1. The van der Waals surface area contributed by atoms with Crippen LogP contribution in [0.25, 0.3) is 11.1 Å². The number of hydrogen-bond acceptors (Lipinski definition) is 6. The minimum absolute atomic E-state index is 0.00950. The molecule has 0 aromatic heterocycles. The minimum atomic E-state index is -0.470. The van der Waals surface area contributed by atoms with Crippen molar-refractivity contribution < 1.29 is 19.2 Å². The van der Waals surface area contributed by atoms with Crippen LogP contribution in [-0.4, -0.2) is 16.0 Å². The number of carbonyl (C=O) groups is 2. The molecule has 0 radical (unpaired) electrons. The molecule has 0 fully saturated rings. The number of carbonyl (C=O) groups excluding carboxylic acids is 2. The summed E-state index contributed by atoms with van der Waals surface area (Å²) < 4.78 is 5.44. The van der Waals surface area contributed by atoms with Crippen molar-refractivity contribution in [2.45, 2.75) is 56.8 Å². The van der Waals surface area contributed by atoms with E-state index in [2.05, 4.69) is 6.92 Å². The summed E-state index contributed by atoms with van der Waals surface area (Å²) in [6, 6.07) is 20.5. The van der Waals surface area contributed by atoms with Gasteiger partial charge in [-0.3, -0.25) is 19.7 Å². The van der Waals surface area contributed by atoms with E-state index in [9.17, 15) is 19.7 Å². The molecule has 3 rings (SSSR count). The summed E-state index contributed by atoms with van der Waals surface area (Å²) >= 11 is 1.03. The Hall–Kier alpha value is -3.45. The molecule has 0 atom stereocenters. The van der Waals surface area contributed by atoms with Gasteiger partial charge in [0.25, 0.3) is 5.69 Å². The number of non-ortho nitro benzene ring substituents is 1. The number of nitrogens with zero attached hydrogens (tertiary/aromatic N) is 1. The van der Waals surface area contributed by atoms with E-state index in [1.54, 1.807) is 36.4 Å². The quantitative estimate of drug-likeness (QED) is 0.0640. The van der Waals surface area contributed by atoms with E-state index < -0.39 is 4.92 Å². The smallest absolute Gasteiger partial charge is 0.311 e. The summed E-state index contributed by atoms with van der Waals surface area (Å²) in [4.78, 5) is 35.5. The van der Waals surface area contributed by atoms with Gasteiger partial charge in [0.05, 0.1) is 4.92 Å². The van der Waals surface area contributed by atoms with Gasteiger partial charge >= 0.3 is 5.97 Å². The summed E-state index contributed by atoms with van der Waals surface area (Å²) in [6.07, 6.45) is 7.19. The maximum Gasteiger partial charge on any atom is 0.311 e. The van der Waals surface area contributed by atoms with Gasteiger partial charge in [-0.25, -0.2) is 0 Å². The molecule has 0 bridgehead atoms. The first kappa shape index (κ1) is 26.2. The fraction of sp³-hybridized carbons (Fsp3) is 0.286. The number of unbranched alkanes of at least 4 members (excludes halogenated alkanes) is 5. The van der Waals surface area contributed by atoms with Crippen molar-refractivity contribution in [1.29, 1.82) is 0 Å². The fourth-order valence-electron chi connectivity index (χ4n) is 3.55. The number of ether oxygens (including phenoxy) is 1. The Labute approximate surface area is 209 Å². The van der Waals surface area contributed by atoms with Gasteiger partial charge in [-0.2, -0.15) is 0 Å².